The lowest BCUT2D eigenvalue weighted by molar-refractivity contribution is -0.873. The van der Waals surface area contributed by atoms with E-state index in [0.717, 1.165) is 4.90 Å². The topological polar surface area (TPSA) is 160 Å². The number of methoxy groups -OCH3 is 2. The molecule has 0 aliphatic rings. The predicted octanol–water partition coefficient (Wildman–Crippen LogP) is -1.34. The molecule has 0 spiro atoms. The summed E-state index contributed by atoms with van der Waals surface area (Å²) < 4.78 is 16.4. The fraction of sp³-hybridized carbons (Fsp3) is 0.294. The van der Waals surface area contributed by atoms with E-state index in [0.29, 0.717) is 29.3 Å². The van der Waals surface area contributed by atoms with E-state index >= 15 is 0 Å². The van der Waals surface area contributed by atoms with Crippen LogP contribution >= 0.6 is 0 Å². The zero-order valence-corrected chi connectivity index (χ0v) is 16.9. The molecule has 13 nitrogen and oxygen atoms in total. The number of nitrogens with zero attached hydrogens (tertiary/aromatic N) is 6. The number of amides is 1. The average molecular weight is 416 g/mol. The Balaban J connectivity index is 1.81. The molecule has 0 aliphatic heterocycles. The molecule has 158 valence electrons. The van der Waals surface area contributed by atoms with Crippen LogP contribution in [0.5, 0.6) is 11.5 Å². The molecule has 0 unspecified atom stereocenters. The van der Waals surface area contributed by atoms with Gasteiger partial charge in [0.15, 0.2) is 17.2 Å². The maximum atomic E-state index is 12.6. The van der Waals surface area contributed by atoms with E-state index in [1.54, 1.807) is 25.3 Å². The second kappa shape index (κ2) is 9.00. The molecule has 0 fully saturated rings. The number of quaternary nitrogens is 1. The molecule has 3 rings (SSSR count). The van der Waals surface area contributed by atoms with Crippen molar-refractivity contribution < 1.29 is 23.8 Å². The minimum atomic E-state index is -0.538. The summed E-state index contributed by atoms with van der Waals surface area (Å²) in [5.41, 5.74) is 9.46. The Labute approximate surface area is 171 Å². The normalized spacial score (nSPS) is 11.2. The second-order valence-corrected chi connectivity index (χ2v) is 6.47. The summed E-state index contributed by atoms with van der Waals surface area (Å²) in [7, 11) is 6.92. The van der Waals surface area contributed by atoms with E-state index in [9.17, 15) is 4.79 Å². The molecule has 0 saturated carbocycles. The van der Waals surface area contributed by atoms with Gasteiger partial charge >= 0.3 is 0 Å². The Morgan fingerprint density at radius 2 is 2.07 bits per heavy atom. The fourth-order valence-corrected chi connectivity index (χ4v) is 2.63. The largest absolute Gasteiger partial charge is 0.493 e. The molecule has 2 aromatic heterocycles. The van der Waals surface area contributed by atoms with Gasteiger partial charge in [-0.1, -0.05) is 5.21 Å². The number of nitrogens with one attached hydrogen (secondary N) is 2. The van der Waals surface area contributed by atoms with Crippen LogP contribution in [0.4, 0.5) is 5.82 Å². The first-order chi connectivity index (χ1) is 14.4. The van der Waals surface area contributed by atoms with Gasteiger partial charge in [0.1, 0.15) is 12.2 Å². The maximum Gasteiger partial charge on any atom is 0.294 e. The van der Waals surface area contributed by atoms with Crippen molar-refractivity contribution in [2.24, 2.45) is 5.10 Å². The van der Waals surface area contributed by atoms with Crippen molar-refractivity contribution in [2.45, 2.75) is 6.54 Å². The van der Waals surface area contributed by atoms with Crippen LogP contribution in [0.2, 0.25) is 0 Å². The summed E-state index contributed by atoms with van der Waals surface area (Å²) >= 11 is 0. The first-order valence-electron chi connectivity index (χ1n) is 8.82. The molecule has 0 saturated heterocycles. The summed E-state index contributed by atoms with van der Waals surface area (Å²) in [6.45, 7) is 0.418. The minimum Gasteiger partial charge on any atom is -0.493 e. The van der Waals surface area contributed by atoms with Gasteiger partial charge in [-0.25, -0.2) is 10.1 Å². The van der Waals surface area contributed by atoms with Gasteiger partial charge in [-0.05, 0) is 34.1 Å². The highest BCUT2D eigenvalue weighted by Crippen LogP contribution is 2.26. The number of anilines is 1. The first-order valence-corrected chi connectivity index (χ1v) is 8.82. The smallest absolute Gasteiger partial charge is 0.294 e. The highest BCUT2D eigenvalue weighted by molar-refractivity contribution is 5.94. The molecular weight excluding hydrogens is 394 g/mol. The Morgan fingerprint density at radius 3 is 2.70 bits per heavy atom. The maximum absolute atomic E-state index is 12.6. The van der Waals surface area contributed by atoms with Crippen LogP contribution in [0.3, 0.4) is 0 Å². The lowest BCUT2D eigenvalue weighted by Gasteiger charge is -2.09. The predicted molar refractivity (Wildman–Crippen MR) is 105 cm³/mol. The van der Waals surface area contributed by atoms with Crippen molar-refractivity contribution >= 4 is 17.9 Å². The number of carbonyl (C=O) groups is 1. The number of ether oxygens (including phenoxy) is 2. The van der Waals surface area contributed by atoms with Crippen LogP contribution in [0.1, 0.15) is 21.7 Å². The number of rotatable bonds is 8. The van der Waals surface area contributed by atoms with Crippen molar-refractivity contribution in [3.63, 3.8) is 0 Å². The van der Waals surface area contributed by atoms with Crippen LogP contribution < -0.4 is 25.5 Å². The van der Waals surface area contributed by atoms with E-state index < -0.39 is 5.91 Å². The lowest BCUT2D eigenvalue weighted by Crippen LogP contribution is -3.04. The number of hydrogen-bond acceptors (Lipinski definition) is 10. The number of benzene rings is 1. The molecule has 0 radical (unpaired) electrons. The fourth-order valence-electron chi connectivity index (χ4n) is 2.63. The quantitative estimate of drug-likeness (QED) is 0.298. The number of hydrazone groups is 1. The van der Waals surface area contributed by atoms with Crippen LogP contribution in [-0.2, 0) is 6.54 Å². The van der Waals surface area contributed by atoms with Gasteiger partial charge in [0.25, 0.3) is 5.91 Å². The van der Waals surface area contributed by atoms with Gasteiger partial charge < -0.3 is 20.1 Å². The van der Waals surface area contributed by atoms with Crippen molar-refractivity contribution in [3.05, 3.63) is 35.2 Å². The molecule has 1 amide bonds. The van der Waals surface area contributed by atoms with Gasteiger partial charge in [0.2, 0.25) is 11.6 Å². The Morgan fingerprint density at radius 1 is 1.30 bits per heavy atom. The molecular formula is C17H22N9O4+. The van der Waals surface area contributed by atoms with E-state index in [4.69, 9.17) is 15.2 Å². The summed E-state index contributed by atoms with van der Waals surface area (Å²) in [4.78, 5) is 13.7. The number of hydrogen-bond donors (Lipinski definition) is 3. The van der Waals surface area contributed by atoms with Crippen LogP contribution in [-0.4, -0.2) is 65.7 Å². The highest BCUT2D eigenvalue weighted by atomic mass is 16.6. The number of carbonyl (C=O) groups excluding carboxylic acids is 1. The molecule has 1 aromatic carbocycles. The first kappa shape index (κ1) is 20.7. The number of nitrogens with two attached hydrogens (primary N) is 1. The number of aromatic nitrogens is 5. The van der Waals surface area contributed by atoms with Gasteiger partial charge in [-0.3, -0.25) is 4.79 Å². The van der Waals surface area contributed by atoms with Crippen molar-refractivity contribution in [3.8, 4) is 17.3 Å². The highest BCUT2D eigenvalue weighted by Gasteiger charge is 2.25. The van der Waals surface area contributed by atoms with Gasteiger partial charge in [-0.15, -0.1) is 5.10 Å². The summed E-state index contributed by atoms with van der Waals surface area (Å²) in [5.74, 6) is 0.794. The molecule has 4 N–H and O–H groups in total. The van der Waals surface area contributed by atoms with Crippen molar-refractivity contribution in [1.82, 2.24) is 30.7 Å². The second-order valence-electron chi connectivity index (χ2n) is 6.47. The third-order valence-electron chi connectivity index (χ3n) is 3.98. The third kappa shape index (κ3) is 4.35. The summed E-state index contributed by atoms with van der Waals surface area (Å²) in [5, 5.41) is 19.2. The van der Waals surface area contributed by atoms with Crippen molar-refractivity contribution in [1.29, 1.82) is 0 Å². The van der Waals surface area contributed by atoms with Gasteiger partial charge in [0, 0.05) is 0 Å². The standard InChI is InChI=1S/C17H21N9O4/c1-25(2)9-11-14(20-24-26(11)16-15(18)22-30-23-16)17(27)21-19-8-10-5-6-12(28-3)13(7-10)29-4/h5-8H,9H2,1-4H3,(H2,18,22)(H,21,27)/p+1. The zero-order chi connectivity index (χ0) is 21.7. The molecule has 13 heteroatoms. The Bertz CT molecular complexity index is 1060. The molecule has 2 heterocycles. The van der Waals surface area contributed by atoms with Gasteiger partial charge in [0.05, 0.1) is 34.5 Å². The summed E-state index contributed by atoms with van der Waals surface area (Å²) in [6.07, 6.45) is 1.47. The lowest BCUT2D eigenvalue weighted by atomic mass is 10.2. The minimum absolute atomic E-state index is 0.0355. The Kier molecular flexibility index (Phi) is 6.22. The van der Waals surface area contributed by atoms with Crippen molar-refractivity contribution in [2.75, 3.05) is 34.0 Å². The van der Waals surface area contributed by atoms with E-state index in [1.807, 2.05) is 14.1 Å². The van der Waals surface area contributed by atoms with E-state index in [-0.39, 0.29) is 17.3 Å². The van der Waals surface area contributed by atoms with Gasteiger partial charge in [-0.2, -0.15) is 9.78 Å². The van der Waals surface area contributed by atoms with Crippen LogP contribution in [0, 0.1) is 0 Å². The summed E-state index contributed by atoms with van der Waals surface area (Å²) in [6, 6.07) is 5.24. The molecule has 0 bridgehead atoms. The Hall–Kier alpha value is -4.00. The monoisotopic (exact) mass is 416 g/mol. The molecule has 0 atom stereocenters. The zero-order valence-electron chi connectivity index (χ0n) is 16.9. The van der Waals surface area contributed by atoms with E-state index in [1.165, 1.54) is 18.0 Å². The molecule has 0 aliphatic carbocycles. The average Bonchev–Trinajstić information content (AvgIpc) is 3.33. The third-order valence-corrected chi connectivity index (χ3v) is 3.98. The molecule has 3 aromatic rings. The SMILES string of the molecule is COc1ccc(C=NNC(=O)c2nnn(-c3nonc3N)c2C[NH+](C)C)cc1OC. The van der Waals surface area contributed by atoms with E-state index in [2.05, 4.69) is 35.8 Å². The molecule has 30 heavy (non-hydrogen) atoms. The van der Waals surface area contributed by atoms with Crippen LogP contribution in [0.25, 0.3) is 5.82 Å². The van der Waals surface area contributed by atoms with Crippen LogP contribution in [0.15, 0.2) is 27.9 Å². The number of nitrogen functional groups attached to an aromatic ring is 1.